The summed E-state index contributed by atoms with van der Waals surface area (Å²) in [5.74, 6) is -1.61. The van der Waals surface area contributed by atoms with Gasteiger partial charge in [0.15, 0.2) is 0 Å². The number of halogens is 5. The predicted octanol–water partition coefficient (Wildman–Crippen LogP) is 8.43. The number of morpholine rings is 1. The summed E-state index contributed by atoms with van der Waals surface area (Å²) in [6, 6.07) is 14.6. The van der Waals surface area contributed by atoms with E-state index in [-0.39, 0.29) is 17.5 Å². The number of hydrogen-bond acceptors (Lipinski definition) is 7. The second kappa shape index (κ2) is 18.4. The zero-order valence-electron chi connectivity index (χ0n) is 22.7. The van der Waals surface area contributed by atoms with Crippen LogP contribution in [0.3, 0.4) is 0 Å². The highest BCUT2D eigenvalue weighted by Gasteiger charge is 2.17. The summed E-state index contributed by atoms with van der Waals surface area (Å²) >= 11 is 23.9. The lowest BCUT2D eigenvalue weighted by Gasteiger charge is -2.29. The van der Waals surface area contributed by atoms with Gasteiger partial charge < -0.3 is 24.2 Å². The van der Waals surface area contributed by atoms with Crippen LogP contribution < -0.4 is 4.90 Å². The molecule has 226 valence electrons. The normalized spacial score (nSPS) is 12.2. The van der Waals surface area contributed by atoms with E-state index in [4.69, 9.17) is 54.1 Å². The molecular weight excluding hydrogens is 740 g/mol. The molecule has 1 N–H and O–H groups in total. The van der Waals surface area contributed by atoms with Gasteiger partial charge in [0.05, 0.1) is 63.9 Å². The second-order valence-electron chi connectivity index (χ2n) is 8.27. The maximum Gasteiger partial charge on any atom is 0.338 e. The fraction of sp³-hybridized carbons (Fsp3) is 0.276. The third kappa shape index (κ3) is 11.4. The molecule has 1 heterocycles. The van der Waals surface area contributed by atoms with E-state index in [9.17, 15) is 14.4 Å². The van der Waals surface area contributed by atoms with E-state index in [1.807, 2.05) is 0 Å². The SMILES string of the molecule is CCOC(=O)c1ccc(Cl)c(Br)c1.CCOC(=O)c1ccc(Cl)c(N2CCOCC2)c1.O=C(O)c1ccc(Cl)c(Br)c1. The van der Waals surface area contributed by atoms with Gasteiger partial charge in [0.2, 0.25) is 0 Å². The molecule has 8 nitrogen and oxygen atoms in total. The Bertz CT molecular complexity index is 1390. The molecule has 1 aliphatic heterocycles. The Balaban J connectivity index is 0.000000229. The minimum absolute atomic E-state index is 0.223. The highest BCUT2D eigenvalue weighted by molar-refractivity contribution is 9.10. The Morgan fingerprint density at radius 3 is 1.64 bits per heavy atom. The molecule has 3 aromatic rings. The van der Waals surface area contributed by atoms with E-state index in [0.29, 0.717) is 61.6 Å². The van der Waals surface area contributed by atoms with Gasteiger partial charge in [0.1, 0.15) is 0 Å². The van der Waals surface area contributed by atoms with Crippen molar-refractivity contribution in [1.29, 1.82) is 0 Å². The number of benzene rings is 3. The highest BCUT2D eigenvalue weighted by Crippen LogP contribution is 2.28. The van der Waals surface area contributed by atoms with Gasteiger partial charge in [-0.05, 0) is 100 Å². The largest absolute Gasteiger partial charge is 0.478 e. The molecule has 0 amide bonds. The standard InChI is InChI=1S/C13H16ClNO3.C9H8BrClO2.C7H4BrClO2/c1-2-18-13(16)10-3-4-11(14)12(9-10)15-5-7-17-8-6-15;1-2-13-9(12)6-3-4-8(11)7(10)5-6;8-5-3-4(7(10)11)1-2-6(5)9/h3-4,9H,2,5-8H2,1H3;3-5H,2H2,1H3;1-3H,(H,10,11). The van der Waals surface area contributed by atoms with Gasteiger partial charge in [-0.25, -0.2) is 14.4 Å². The average Bonchev–Trinajstić information content (AvgIpc) is 2.97. The summed E-state index contributed by atoms with van der Waals surface area (Å²) in [5.41, 5.74) is 2.12. The Morgan fingerprint density at radius 2 is 1.19 bits per heavy atom. The zero-order valence-corrected chi connectivity index (χ0v) is 28.1. The molecule has 4 rings (SSSR count). The molecule has 13 heteroatoms. The summed E-state index contributed by atoms with van der Waals surface area (Å²) in [4.78, 5) is 35.4. The molecule has 0 unspecified atom stereocenters. The Hall–Kier alpha value is -2.34. The molecule has 0 atom stereocenters. The number of rotatable bonds is 6. The van der Waals surface area contributed by atoms with Gasteiger partial charge >= 0.3 is 17.9 Å². The summed E-state index contributed by atoms with van der Waals surface area (Å²) < 4.78 is 16.4. The maximum atomic E-state index is 11.7. The first-order chi connectivity index (χ1) is 20.0. The molecule has 0 radical (unpaired) electrons. The molecule has 0 bridgehead atoms. The number of carboxylic acids is 1. The average molecular weight is 769 g/mol. The maximum absolute atomic E-state index is 11.7. The Kier molecular flexibility index (Phi) is 15.7. The number of ether oxygens (including phenoxy) is 3. The van der Waals surface area contributed by atoms with Crippen LogP contribution in [0.15, 0.2) is 63.5 Å². The van der Waals surface area contributed by atoms with Crippen molar-refractivity contribution in [1.82, 2.24) is 0 Å². The summed E-state index contributed by atoms with van der Waals surface area (Å²) in [5, 5.41) is 10.3. The van der Waals surface area contributed by atoms with Crippen molar-refractivity contribution < 1.29 is 33.7 Å². The van der Waals surface area contributed by atoms with Crippen LogP contribution in [0.5, 0.6) is 0 Å². The van der Waals surface area contributed by atoms with Crippen LogP contribution >= 0.6 is 66.7 Å². The number of nitrogens with zero attached hydrogens (tertiary/aromatic N) is 1. The van der Waals surface area contributed by atoms with Crippen molar-refractivity contribution >= 4 is 90.3 Å². The first-order valence-electron chi connectivity index (χ1n) is 12.6. The lowest BCUT2D eigenvalue weighted by Crippen LogP contribution is -2.36. The molecular formula is C29H28Br2Cl3NO7. The van der Waals surface area contributed by atoms with Crippen LogP contribution in [0.1, 0.15) is 44.9 Å². The first-order valence-corrected chi connectivity index (χ1v) is 15.3. The molecule has 42 heavy (non-hydrogen) atoms. The van der Waals surface area contributed by atoms with E-state index >= 15 is 0 Å². The fourth-order valence-corrected chi connectivity index (χ4v) is 4.60. The van der Waals surface area contributed by atoms with E-state index in [2.05, 4.69) is 36.8 Å². The number of aromatic carboxylic acids is 1. The molecule has 0 saturated carbocycles. The van der Waals surface area contributed by atoms with Crippen LogP contribution in [0.2, 0.25) is 15.1 Å². The Labute approximate surface area is 276 Å². The summed E-state index contributed by atoms with van der Waals surface area (Å²) in [6.45, 7) is 7.23. The number of esters is 2. The van der Waals surface area contributed by atoms with Crippen molar-refractivity contribution in [3.63, 3.8) is 0 Å². The topological polar surface area (TPSA) is 102 Å². The van der Waals surface area contributed by atoms with Crippen molar-refractivity contribution in [2.45, 2.75) is 13.8 Å². The fourth-order valence-electron chi connectivity index (χ4n) is 3.37. The lowest BCUT2D eigenvalue weighted by molar-refractivity contribution is 0.0516. The minimum atomic E-state index is -0.956. The van der Waals surface area contributed by atoms with E-state index < -0.39 is 5.97 Å². The number of hydrogen-bond donors (Lipinski definition) is 1. The van der Waals surface area contributed by atoms with Gasteiger partial charge in [-0.3, -0.25) is 0 Å². The third-order valence-corrected chi connectivity index (χ3v) is 8.15. The van der Waals surface area contributed by atoms with Crippen molar-refractivity contribution in [2.24, 2.45) is 0 Å². The van der Waals surface area contributed by atoms with Crippen LogP contribution in [0, 0.1) is 0 Å². The van der Waals surface area contributed by atoms with Crippen molar-refractivity contribution in [2.75, 3.05) is 44.4 Å². The zero-order chi connectivity index (χ0) is 31.2. The van der Waals surface area contributed by atoms with Crippen LogP contribution in [0.25, 0.3) is 0 Å². The molecule has 3 aromatic carbocycles. The lowest BCUT2D eigenvalue weighted by atomic mass is 10.2. The van der Waals surface area contributed by atoms with Gasteiger partial charge in [0.25, 0.3) is 0 Å². The predicted molar refractivity (Wildman–Crippen MR) is 172 cm³/mol. The van der Waals surface area contributed by atoms with Crippen molar-refractivity contribution in [3.8, 4) is 0 Å². The van der Waals surface area contributed by atoms with Crippen LogP contribution in [-0.2, 0) is 14.2 Å². The number of carbonyl (C=O) groups is 3. The van der Waals surface area contributed by atoms with Crippen LogP contribution in [0.4, 0.5) is 5.69 Å². The molecule has 0 aromatic heterocycles. The van der Waals surface area contributed by atoms with E-state index in [1.54, 1.807) is 50.2 Å². The first kappa shape index (κ1) is 35.9. The monoisotopic (exact) mass is 765 g/mol. The Morgan fingerprint density at radius 1 is 0.762 bits per heavy atom. The minimum Gasteiger partial charge on any atom is -0.478 e. The van der Waals surface area contributed by atoms with Gasteiger partial charge in [-0.2, -0.15) is 0 Å². The molecule has 1 aliphatic rings. The molecule has 1 saturated heterocycles. The highest BCUT2D eigenvalue weighted by atomic mass is 79.9. The molecule has 0 aliphatic carbocycles. The summed E-state index contributed by atoms with van der Waals surface area (Å²) in [6.07, 6.45) is 0. The number of carboxylic acid groups (broad SMARTS) is 1. The quantitative estimate of drug-likeness (QED) is 0.250. The van der Waals surface area contributed by atoms with Gasteiger partial charge in [-0.1, -0.05) is 34.8 Å². The number of anilines is 1. The van der Waals surface area contributed by atoms with E-state index in [1.165, 1.54) is 18.2 Å². The molecule has 1 fully saturated rings. The number of carbonyl (C=O) groups excluding carboxylic acids is 2. The summed E-state index contributed by atoms with van der Waals surface area (Å²) in [7, 11) is 0. The van der Waals surface area contributed by atoms with Gasteiger partial charge in [0, 0.05) is 22.0 Å². The van der Waals surface area contributed by atoms with Crippen LogP contribution in [-0.4, -0.2) is 62.5 Å². The van der Waals surface area contributed by atoms with Crippen molar-refractivity contribution in [3.05, 3.63) is 95.3 Å². The smallest absolute Gasteiger partial charge is 0.338 e. The van der Waals surface area contributed by atoms with E-state index in [0.717, 1.165) is 18.8 Å². The second-order valence-corrected chi connectivity index (χ2v) is 11.2. The molecule has 0 spiro atoms. The third-order valence-electron chi connectivity index (χ3n) is 5.41. The van der Waals surface area contributed by atoms with Gasteiger partial charge in [-0.15, -0.1) is 0 Å².